The first-order valence-electron chi connectivity index (χ1n) is 16.0. The first-order valence-corrected chi connectivity index (χ1v) is 16.0. The Kier molecular flexibility index (Phi) is 18.4. The van der Waals surface area contributed by atoms with Gasteiger partial charge in [0.25, 0.3) is 0 Å². The molecule has 0 aromatic heterocycles. The van der Waals surface area contributed by atoms with Crippen LogP contribution >= 0.6 is 0 Å². The number of hydrogen-bond acceptors (Lipinski definition) is 12. The van der Waals surface area contributed by atoms with E-state index >= 15 is 0 Å². The first-order chi connectivity index (χ1) is 23.4. The minimum absolute atomic E-state index is 0.00458. The third-order valence-corrected chi connectivity index (χ3v) is 7.46. The van der Waals surface area contributed by atoms with E-state index in [9.17, 15) is 54.0 Å². The van der Waals surface area contributed by atoms with Crippen LogP contribution in [0.5, 0.6) is 5.75 Å². The molecule has 0 aliphatic carbocycles. The Balaban J connectivity index is 3.13. The van der Waals surface area contributed by atoms with Gasteiger partial charge in [0.05, 0.1) is 25.2 Å². The van der Waals surface area contributed by atoms with Crippen molar-refractivity contribution in [3.05, 3.63) is 29.8 Å². The minimum atomic E-state index is -1.72. The zero-order valence-electron chi connectivity index (χ0n) is 28.3. The number of aliphatic hydroxyl groups is 2. The van der Waals surface area contributed by atoms with Crippen molar-refractivity contribution in [1.29, 1.82) is 0 Å². The number of unbranched alkanes of at least 4 members (excludes halogenated alkanes) is 1. The van der Waals surface area contributed by atoms with Crippen LogP contribution in [0.2, 0.25) is 0 Å². The molecule has 0 heterocycles. The van der Waals surface area contributed by atoms with E-state index in [4.69, 9.17) is 17.2 Å². The number of primary amides is 1. The molecule has 0 aliphatic rings. The van der Waals surface area contributed by atoms with Gasteiger partial charge in [-0.25, -0.2) is 4.79 Å². The van der Waals surface area contributed by atoms with Crippen molar-refractivity contribution < 1.29 is 54.0 Å². The molecule has 1 aromatic rings. The molecule has 0 radical (unpaired) electrons. The molecule has 1 rings (SSSR count). The summed E-state index contributed by atoms with van der Waals surface area (Å²) in [5.74, 6) is -7.77. The van der Waals surface area contributed by atoms with Gasteiger partial charge in [-0.2, -0.15) is 0 Å². The lowest BCUT2D eigenvalue weighted by Crippen LogP contribution is -2.62. The molecule has 19 heteroatoms. The maximum Gasteiger partial charge on any atom is 0.326 e. The summed E-state index contributed by atoms with van der Waals surface area (Å²) < 4.78 is 0. The molecule has 0 aliphatic heterocycles. The zero-order valence-corrected chi connectivity index (χ0v) is 28.3. The van der Waals surface area contributed by atoms with Gasteiger partial charge < -0.3 is 64.2 Å². The number of aliphatic carboxylic acids is 1. The van der Waals surface area contributed by atoms with E-state index in [1.165, 1.54) is 26.0 Å². The summed E-state index contributed by atoms with van der Waals surface area (Å²) >= 11 is 0. The average molecular weight is 711 g/mol. The highest BCUT2D eigenvalue weighted by atomic mass is 16.4. The maximum atomic E-state index is 13.4. The van der Waals surface area contributed by atoms with Crippen molar-refractivity contribution in [1.82, 2.24) is 26.6 Å². The van der Waals surface area contributed by atoms with E-state index in [-0.39, 0.29) is 25.1 Å². The molecular formula is C31H50N8O11. The molecule has 0 spiro atoms. The van der Waals surface area contributed by atoms with Crippen molar-refractivity contribution in [3.8, 4) is 5.75 Å². The van der Waals surface area contributed by atoms with Crippen LogP contribution in [0.4, 0.5) is 0 Å². The third-order valence-electron chi connectivity index (χ3n) is 7.46. The summed E-state index contributed by atoms with van der Waals surface area (Å²) in [6, 6.07) is -2.95. The second-order valence-electron chi connectivity index (χ2n) is 12.1. The number of carboxylic acids is 1. The molecule has 0 bridgehead atoms. The summed E-state index contributed by atoms with van der Waals surface area (Å²) in [4.78, 5) is 88.6. The SMILES string of the molecule is CC(C)[C@H](NC(=O)[C@H](CO)NC(=O)[C@@H](NC(=O)[C@H](CCCCN)NC(=O)[C@H](CC(N)=O)NC(=O)[C@@H](N)Cc1ccc(O)cc1)[C@@H](C)O)C(=O)O. The van der Waals surface area contributed by atoms with Gasteiger partial charge >= 0.3 is 5.97 Å². The normalized spacial score (nSPS) is 15.3. The van der Waals surface area contributed by atoms with Crippen molar-refractivity contribution in [2.75, 3.05) is 13.2 Å². The number of aliphatic hydroxyl groups excluding tert-OH is 2. The Morgan fingerprint density at radius 2 is 1.26 bits per heavy atom. The van der Waals surface area contributed by atoms with Crippen LogP contribution in [0.1, 0.15) is 52.0 Å². The summed E-state index contributed by atoms with van der Waals surface area (Å²) in [6.45, 7) is 3.51. The fraction of sp³-hybridized carbons (Fsp3) is 0.581. The number of benzene rings is 1. The van der Waals surface area contributed by atoms with Crippen molar-refractivity contribution in [2.45, 2.75) is 95.2 Å². The highest BCUT2D eigenvalue weighted by Crippen LogP contribution is 2.11. The highest BCUT2D eigenvalue weighted by Gasteiger charge is 2.35. The third kappa shape index (κ3) is 14.7. The number of nitrogens with one attached hydrogen (secondary N) is 5. The second-order valence-corrected chi connectivity index (χ2v) is 12.1. The molecule has 50 heavy (non-hydrogen) atoms. The Hall–Kier alpha value is -4.85. The quantitative estimate of drug-likeness (QED) is 0.0509. The number of hydrogen-bond donors (Lipinski definition) is 12. The van der Waals surface area contributed by atoms with Gasteiger partial charge in [-0.05, 0) is 62.8 Å². The number of phenolic OH excluding ortho intramolecular Hbond substituents is 1. The van der Waals surface area contributed by atoms with Crippen LogP contribution in [-0.2, 0) is 40.0 Å². The molecule has 15 N–H and O–H groups in total. The molecule has 0 saturated carbocycles. The molecule has 280 valence electrons. The van der Waals surface area contributed by atoms with Crippen molar-refractivity contribution in [2.24, 2.45) is 23.1 Å². The molecular weight excluding hydrogens is 660 g/mol. The van der Waals surface area contributed by atoms with Crippen LogP contribution in [-0.4, -0.2) is 117 Å². The van der Waals surface area contributed by atoms with Gasteiger partial charge in [-0.3, -0.25) is 28.8 Å². The predicted molar refractivity (Wildman–Crippen MR) is 177 cm³/mol. The lowest BCUT2D eigenvalue weighted by atomic mass is 10.0. The van der Waals surface area contributed by atoms with E-state index < -0.39 is 103 Å². The smallest absolute Gasteiger partial charge is 0.326 e. The van der Waals surface area contributed by atoms with Gasteiger partial charge in [0.1, 0.15) is 36.0 Å². The number of rotatable bonds is 22. The largest absolute Gasteiger partial charge is 0.508 e. The molecule has 7 atom stereocenters. The second kappa shape index (κ2) is 21.3. The number of phenols is 1. The van der Waals surface area contributed by atoms with Gasteiger partial charge in [-0.1, -0.05) is 26.0 Å². The summed E-state index contributed by atoms with van der Waals surface area (Å²) in [7, 11) is 0. The number of carboxylic acid groups (broad SMARTS) is 1. The Morgan fingerprint density at radius 3 is 1.76 bits per heavy atom. The Bertz CT molecular complexity index is 1330. The summed E-state index contributed by atoms with van der Waals surface area (Å²) in [6.07, 6.45) is -1.52. The number of nitrogens with two attached hydrogens (primary N) is 3. The maximum absolute atomic E-state index is 13.4. The molecule has 0 fully saturated rings. The number of amides is 6. The van der Waals surface area contributed by atoms with Crippen molar-refractivity contribution in [3.63, 3.8) is 0 Å². The van der Waals surface area contributed by atoms with Crippen LogP contribution in [0, 0.1) is 5.92 Å². The molecule has 0 unspecified atom stereocenters. The van der Waals surface area contributed by atoms with Crippen LogP contribution in [0.3, 0.4) is 0 Å². The molecule has 1 aromatic carbocycles. The standard InChI is InChI=1S/C31H50N8O11/c1-15(2)24(31(49)50)38-29(47)22(14-40)37-30(48)25(16(3)41)39-27(45)20(6-4-5-11-32)35-28(46)21(13-23(34)43)36-26(44)19(33)12-17-7-9-18(42)10-8-17/h7-10,15-16,19-22,24-25,40-42H,4-6,11-14,32-33H2,1-3H3,(H2,34,43)(H,35,46)(H,36,44)(H,37,48)(H,38,47)(H,39,45)(H,49,50)/t16-,19+,20+,21+,22+,24+,25+/m1/s1. The average Bonchev–Trinajstić information content (AvgIpc) is 3.03. The Morgan fingerprint density at radius 1 is 0.740 bits per heavy atom. The van der Waals surface area contributed by atoms with Crippen molar-refractivity contribution >= 4 is 41.4 Å². The van der Waals surface area contributed by atoms with Crippen LogP contribution in [0.15, 0.2) is 24.3 Å². The van der Waals surface area contributed by atoms with Gasteiger partial charge in [-0.15, -0.1) is 0 Å². The van der Waals surface area contributed by atoms with E-state index in [2.05, 4.69) is 26.6 Å². The zero-order chi connectivity index (χ0) is 38.1. The van der Waals surface area contributed by atoms with E-state index in [1.54, 1.807) is 12.1 Å². The summed E-state index contributed by atoms with van der Waals surface area (Å²) in [5.41, 5.74) is 17.5. The number of carbonyl (C=O) groups is 7. The topological polar surface area (TPSA) is 339 Å². The lowest BCUT2D eigenvalue weighted by Gasteiger charge is -2.28. The van der Waals surface area contributed by atoms with Gasteiger partial charge in [0.15, 0.2) is 0 Å². The first kappa shape index (κ1) is 43.2. The highest BCUT2D eigenvalue weighted by molar-refractivity contribution is 5.97. The monoisotopic (exact) mass is 710 g/mol. The number of carbonyl (C=O) groups excluding carboxylic acids is 6. The van der Waals surface area contributed by atoms with Gasteiger partial charge in [0.2, 0.25) is 35.4 Å². The summed E-state index contributed by atoms with van der Waals surface area (Å²) in [5, 5.41) is 50.3. The molecule has 19 nitrogen and oxygen atoms in total. The lowest BCUT2D eigenvalue weighted by molar-refractivity contribution is -0.144. The van der Waals surface area contributed by atoms with E-state index in [0.29, 0.717) is 18.4 Å². The van der Waals surface area contributed by atoms with Crippen LogP contribution < -0.4 is 43.8 Å². The van der Waals surface area contributed by atoms with E-state index in [1.807, 2.05) is 0 Å². The van der Waals surface area contributed by atoms with Crippen LogP contribution in [0.25, 0.3) is 0 Å². The Labute approximate surface area is 289 Å². The predicted octanol–water partition coefficient (Wildman–Crippen LogP) is -4.20. The fourth-order valence-electron chi connectivity index (χ4n) is 4.58. The van der Waals surface area contributed by atoms with E-state index in [0.717, 1.165) is 6.92 Å². The fourth-order valence-corrected chi connectivity index (χ4v) is 4.58. The minimum Gasteiger partial charge on any atom is -0.508 e. The number of aromatic hydroxyl groups is 1. The molecule has 6 amide bonds. The molecule has 0 saturated heterocycles. The van der Waals surface area contributed by atoms with Gasteiger partial charge in [0, 0.05) is 0 Å².